The molecule has 5 heteroatoms. The molecule has 0 spiro atoms. The molecule has 0 aliphatic heterocycles. The van der Waals surface area contributed by atoms with E-state index in [0.717, 1.165) is 11.8 Å². The molecule has 0 aliphatic carbocycles. The molecule has 0 fully saturated rings. The van der Waals surface area contributed by atoms with Crippen molar-refractivity contribution in [1.29, 1.82) is 0 Å². The van der Waals surface area contributed by atoms with Crippen LogP contribution in [0.3, 0.4) is 0 Å². The van der Waals surface area contributed by atoms with E-state index in [4.69, 9.17) is 9.84 Å². The number of carboxylic acid groups (broad SMARTS) is 1. The van der Waals surface area contributed by atoms with E-state index in [2.05, 4.69) is 0 Å². The lowest BCUT2D eigenvalue weighted by Crippen LogP contribution is -2.09. The number of aromatic carboxylic acids is 1. The van der Waals surface area contributed by atoms with Gasteiger partial charge in [-0.15, -0.1) is 11.8 Å². The molecular weight excluding hydrogens is 231 g/mol. The molecule has 0 atom stereocenters. The van der Waals surface area contributed by atoms with Crippen LogP contribution in [0.2, 0.25) is 0 Å². The summed E-state index contributed by atoms with van der Waals surface area (Å²) >= 11 is 1.15. The Morgan fingerprint density at radius 2 is 2.12 bits per heavy atom. The first-order valence-corrected chi connectivity index (χ1v) is 5.95. The summed E-state index contributed by atoms with van der Waals surface area (Å²) in [6, 6.07) is 2.51. The number of halogens is 1. The van der Waals surface area contributed by atoms with Crippen molar-refractivity contribution in [3.63, 3.8) is 0 Å². The van der Waals surface area contributed by atoms with Gasteiger partial charge in [-0.05, 0) is 32.2 Å². The summed E-state index contributed by atoms with van der Waals surface area (Å²) in [5.74, 6) is -1.62. The summed E-state index contributed by atoms with van der Waals surface area (Å²) in [6.45, 7) is 3.51. The summed E-state index contributed by atoms with van der Waals surface area (Å²) in [5, 5.41) is 8.87. The largest absolute Gasteiger partial charge is 0.488 e. The van der Waals surface area contributed by atoms with Gasteiger partial charge in [0.1, 0.15) is 0 Å². The zero-order valence-corrected chi connectivity index (χ0v) is 10.1. The van der Waals surface area contributed by atoms with Gasteiger partial charge in [0.15, 0.2) is 11.6 Å². The molecule has 0 saturated heterocycles. The minimum Gasteiger partial charge on any atom is -0.488 e. The smallest absolute Gasteiger partial charge is 0.335 e. The van der Waals surface area contributed by atoms with E-state index in [0.29, 0.717) is 0 Å². The Morgan fingerprint density at radius 3 is 2.56 bits per heavy atom. The van der Waals surface area contributed by atoms with Crippen molar-refractivity contribution in [2.24, 2.45) is 0 Å². The van der Waals surface area contributed by atoms with Gasteiger partial charge in [0.05, 0.1) is 11.7 Å². The van der Waals surface area contributed by atoms with Gasteiger partial charge in [0.25, 0.3) is 0 Å². The molecule has 0 saturated carbocycles. The molecule has 0 bridgehead atoms. The third-order valence-corrected chi connectivity index (χ3v) is 2.57. The summed E-state index contributed by atoms with van der Waals surface area (Å²) in [7, 11) is 0. The SMILES string of the molecule is CSc1cc(C(=O)O)cc(OC(C)C)c1F. The number of carbonyl (C=O) groups is 1. The summed E-state index contributed by atoms with van der Waals surface area (Å²) < 4.78 is 19.0. The molecule has 0 unspecified atom stereocenters. The van der Waals surface area contributed by atoms with E-state index < -0.39 is 11.8 Å². The predicted octanol–water partition coefficient (Wildman–Crippen LogP) is 3.03. The Hall–Kier alpha value is -1.23. The van der Waals surface area contributed by atoms with Crippen LogP contribution in [-0.2, 0) is 0 Å². The average Bonchev–Trinajstić information content (AvgIpc) is 2.20. The Labute approximate surface area is 97.6 Å². The minimum atomic E-state index is -1.09. The maximum atomic E-state index is 13.7. The highest BCUT2D eigenvalue weighted by Crippen LogP contribution is 2.29. The minimum absolute atomic E-state index is 0.0146. The Balaban J connectivity index is 3.24. The fourth-order valence-electron chi connectivity index (χ4n) is 1.18. The van der Waals surface area contributed by atoms with Crippen LogP contribution >= 0.6 is 11.8 Å². The number of hydrogen-bond donors (Lipinski definition) is 1. The number of benzene rings is 1. The van der Waals surface area contributed by atoms with Crippen LogP contribution < -0.4 is 4.74 Å². The number of rotatable bonds is 4. The van der Waals surface area contributed by atoms with Gasteiger partial charge in [-0.25, -0.2) is 9.18 Å². The van der Waals surface area contributed by atoms with Gasteiger partial charge in [0.2, 0.25) is 0 Å². The first-order chi connectivity index (χ1) is 7.45. The lowest BCUT2D eigenvalue weighted by atomic mass is 10.2. The van der Waals surface area contributed by atoms with E-state index in [1.54, 1.807) is 20.1 Å². The second-order valence-corrected chi connectivity index (χ2v) is 4.31. The monoisotopic (exact) mass is 244 g/mol. The standard InChI is InChI=1S/C11H13FO3S/c1-6(2)15-8-4-7(11(13)14)5-9(16-3)10(8)12/h4-6H,1-3H3,(H,13,14). The molecule has 0 heterocycles. The molecule has 88 valence electrons. The molecule has 1 N–H and O–H groups in total. The zero-order chi connectivity index (χ0) is 12.3. The first kappa shape index (κ1) is 12.8. The topological polar surface area (TPSA) is 46.5 Å². The van der Waals surface area contributed by atoms with Crippen molar-refractivity contribution in [2.75, 3.05) is 6.26 Å². The Morgan fingerprint density at radius 1 is 1.50 bits per heavy atom. The summed E-state index contributed by atoms with van der Waals surface area (Å²) in [5.41, 5.74) is 0.0291. The van der Waals surface area contributed by atoms with Gasteiger partial charge in [-0.3, -0.25) is 0 Å². The molecule has 1 rings (SSSR count). The van der Waals surface area contributed by atoms with Crippen molar-refractivity contribution in [3.8, 4) is 5.75 Å². The van der Waals surface area contributed by atoms with Crippen LogP contribution in [0, 0.1) is 5.82 Å². The number of thioether (sulfide) groups is 1. The highest BCUT2D eigenvalue weighted by molar-refractivity contribution is 7.98. The molecule has 3 nitrogen and oxygen atoms in total. The van der Waals surface area contributed by atoms with Crippen LogP contribution in [-0.4, -0.2) is 23.4 Å². The molecular formula is C11H13FO3S. The van der Waals surface area contributed by atoms with E-state index in [1.807, 2.05) is 0 Å². The molecule has 1 aromatic rings. The Kier molecular flexibility index (Phi) is 4.18. The van der Waals surface area contributed by atoms with Crippen LogP contribution in [0.5, 0.6) is 5.75 Å². The van der Waals surface area contributed by atoms with E-state index >= 15 is 0 Å². The fraction of sp³-hybridized carbons (Fsp3) is 0.364. The van der Waals surface area contributed by atoms with Crippen molar-refractivity contribution in [2.45, 2.75) is 24.8 Å². The predicted molar refractivity (Wildman–Crippen MR) is 60.9 cm³/mol. The third kappa shape index (κ3) is 2.88. The molecule has 0 amide bonds. The Bertz CT molecular complexity index is 404. The molecule has 16 heavy (non-hydrogen) atoms. The van der Waals surface area contributed by atoms with E-state index in [9.17, 15) is 9.18 Å². The maximum Gasteiger partial charge on any atom is 0.335 e. The van der Waals surface area contributed by atoms with Gasteiger partial charge in [-0.2, -0.15) is 0 Å². The molecule has 0 radical (unpaired) electrons. The lowest BCUT2D eigenvalue weighted by molar-refractivity contribution is 0.0695. The number of ether oxygens (including phenoxy) is 1. The third-order valence-electron chi connectivity index (χ3n) is 1.84. The molecule has 0 aliphatic rings. The number of hydrogen-bond acceptors (Lipinski definition) is 3. The van der Waals surface area contributed by atoms with Crippen LogP contribution in [0.4, 0.5) is 4.39 Å². The van der Waals surface area contributed by atoms with Gasteiger partial charge >= 0.3 is 5.97 Å². The second kappa shape index (κ2) is 5.21. The first-order valence-electron chi connectivity index (χ1n) is 4.73. The lowest BCUT2D eigenvalue weighted by Gasteiger charge is -2.13. The van der Waals surface area contributed by atoms with Crippen molar-refractivity contribution < 1.29 is 19.0 Å². The van der Waals surface area contributed by atoms with Crippen LogP contribution in [0.25, 0.3) is 0 Å². The van der Waals surface area contributed by atoms with Gasteiger partial charge in [0, 0.05) is 4.90 Å². The average molecular weight is 244 g/mol. The highest BCUT2D eigenvalue weighted by Gasteiger charge is 2.15. The summed E-state index contributed by atoms with van der Waals surface area (Å²) in [6.07, 6.45) is 1.48. The van der Waals surface area contributed by atoms with Crippen molar-refractivity contribution >= 4 is 17.7 Å². The highest BCUT2D eigenvalue weighted by atomic mass is 32.2. The van der Waals surface area contributed by atoms with Crippen molar-refractivity contribution in [1.82, 2.24) is 0 Å². The fourth-order valence-corrected chi connectivity index (χ4v) is 1.71. The molecule has 0 aromatic heterocycles. The van der Waals surface area contributed by atoms with Gasteiger partial charge in [-0.1, -0.05) is 0 Å². The quantitative estimate of drug-likeness (QED) is 0.827. The normalized spacial score (nSPS) is 10.6. The van der Waals surface area contributed by atoms with Crippen molar-refractivity contribution in [3.05, 3.63) is 23.5 Å². The number of carboxylic acids is 1. The van der Waals surface area contributed by atoms with Gasteiger partial charge < -0.3 is 9.84 Å². The second-order valence-electron chi connectivity index (χ2n) is 3.46. The summed E-state index contributed by atoms with van der Waals surface area (Å²) in [4.78, 5) is 11.1. The maximum absolute atomic E-state index is 13.7. The van der Waals surface area contributed by atoms with E-state index in [1.165, 1.54) is 12.1 Å². The van der Waals surface area contributed by atoms with E-state index in [-0.39, 0.29) is 22.3 Å². The molecule has 1 aromatic carbocycles. The van der Waals surface area contributed by atoms with Crippen LogP contribution in [0.15, 0.2) is 17.0 Å². The zero-order valence-electron chi connectivity index (χ0n) is 9.28. The van der Waals surface area contributed by atoms with Crippen LogP contribution in [0.1, 0.15) is 24.2 Å².